The van der Waals surface area contributed by atoms with E-state index < -0.39 is 11.0 Å². The summed E-state index contributed by atoms with van der Waals surface area (Å²) < 4.78 is 5.16. The predicted octanol–water partition coefficient (Wildman–Crippen LogP) is 1.39. The molecule has 0 aromatic heterocycles. The van der Waals surface area contributed by atoms with Gasteiger partial charge < -0.3 is 15.0 Å². The molecule has 0 spiro atoms. The minimum Gasteiger partial charge on any atom is -0.410 e. The number of carbonyl (C=O) groups excluding carboxylic acids is 1. The van der Waals surface area contributed by atoms with Gasteiger partial charge in [-0.15, -0.1) is 0 Å². The van der Waals surface area contributed by atoms with Crippen LogP contribution in [0, 0.1) is 10.1 Å². The molecule has 0 aliphatic carbocycles. The molecule has 7 nitrogen and oxygen atoms in total. The van der Waals surface area contributed by atoms with E-state index in [1.54, 1.807) is 4.90 Å². The van der Waals surface area contributed by atoms with Crippen LogP contribution in [0.1, 0.15) is 6.42 Å². The van der Waals surface area contributed by atoms with Crippen molar-refractivity contribution < 1.29 is 14.5 Å². The van der Waals surface area contributed by atoms with E-state index in [9.17, 15) is 14.9 Å². The summed E-state index contributed by atoms with van der Waals surface area (Å²) in [5, 5.41) is 13.6. The molecule has 7 heteroatoms. The lowest BCUT2D eigenvalue weighted by molar-refractivity contribution is -0.384. The number of rotatable bonds is 3. The van der Waals surface area contributed by atoms with Gasteiger partial charge in [0.2, 0.25) is 0 Å². The van der Waals surface area contributed by atoms with Crippen LogP contribution in [0.5, 0.6) is 5.75 Å². The standard InChI is InChI=1S/C12H15N3O4/c1-13-9-6-7-14(8-9)12(16)19-11-4-2-10(3-5-11)15(17)18/h2-5,9,13H,6-8H2,1H3/t9-/m1/s1. The lowest BCUT2D eigenvalue weighted by Crippen LogP contribution is -2.35. The first-order chi connectivity index (χ1) is 9.10. The summed E-state index contributed by atoms with van der Waals surface area (Å²) in [6.07, 6.45) is 0.470. The van der Waals surface area contributed by atoms with Gasteiger partial charge in [-0.05, 0) is 25.6 Å². The van der Waals surface area contributed by atoms with Crippen LogP contribution in [-0.4, -0.2) is 42.1 Å². The minimum atomic E-state index is -0.496. The lowest BCUT2D eigenvalue weighted by atomic mass is 10.3. The average molecular weight is 265 g/mol. The summed E-state index contributed by atoms with van der Waals surface area (Å²) in [5.74, 6) is 0.309. The fraction of sp³-hybridized carbons (Fsp3) is 0.417. The molecule has 1 aromatic rings. The highest BCUT2D eigenvalue weighted by molar-refractivity contribution is 5.71. The Morgan fingerprint density at radius 2 is 2.16 bits per heavy atom. The van der Waals surface area contributed by atoms with Crippen molar-refractivity contribution >= 4 is 11.8 Å². The van der Waals surface area contributed by atoms with Crippen LogP contribution in [0.4, 0.5) is 10.5 Å². The van der Waals surface area contributed by atoms with Crippen molar-refractivity contribution in [3.63, 3.8) is 0 Å². The van der Waals surface area contributed by atoms with Crippen LogP contribution in [0.25, 0.3) is 0 Å². The van der Waals surface area contributed by atoms with Gasteiger partial charge >= 0.3 is 6.09 Å². The Labute approximate surface area is 110 Å². The van der Waals surface area contributed by atoms with Crippen molar-refractivity contribution in [3.05, 3.63) is 34.4 Å². The smallest absolute Gasteiger partial charge is 0.410 e. The first-order valence-electron chi connectivity index (χ1n) is 5.98. The molecule has 0 bridgehead atoms. The van der Waals surface area contributed by atoms with Crippen molar-refractivity contribution in [2.75, 3.05) is 20.1 Å². The molecule has 1 aromatic carbocycles. The second kappa shape index (κ2) is 5.66. The van der Waals surface area contributed by atoms with Crippen molar-refractivity contribution in [3.8, 4) is 5.75 Å². The van der Waals surface area contributed by atoms with Crippen molar-refractivity contribution in [1.82, 2.24) is 10.2 Å². The zero-order valence-corrected chi connectivity index (χ0v) is 10.5. The minimum absolute atomic E-state index is 0.0313. The lowest BCUT2D eigenvalue weighted by Gasteiger charge is -2.15. The third kappa shape index (κ3) is 3.19. The van der Waals surface area contributed by atoms with Crippen LogP contribution >= 0.6 is 0 Å². The summed E-state index contributed by atoms with van der Waals surface area (Å²) in [7, 11) is 1.86. The summed E-state index contributed by atoms with van der Waals surface area (Å²) in [5.41, 5.74) is -0.0313. The Hall–Kier alpha value is -2.15. The van der Waals surface area contributed by atoms with Gasteiger partial charge in [0.25, 0.3) is 5.69 Å². The first kappa shape index (κ1) is 13.3. The van der Waals surface area contributed by atoms with Gasteiger partial charge in [0.1, 0.15) is 5.75 Å². The monoisotopic (exact) mass is 265 g/mol. The maximum atomic E-state index is 11.8. The maximum absolute atomic E-state index is 11.8. The second-order valence-electron chi connectivity index (χ2n) is 4.34. The van der Waals surface area contributed by atoms with Gasteiger partial charge in [0, 0.05) is 31.3 Å². The summed E-state index contributed by atoms with van der Waals surface area (Å²) in [4.78, 5) is 23.4. The molecular weight excluding hydrogens is 250 g/mol. The van der Waals surface area contributed by atoms with E-state index in [-0.39, 0.29) is 5.69 Å². The number of nitrogens with one attached hydrogen (secondary N) is 1. The van der Waals surface area contributed by atoms with E-state index in [0.717, 1.165) is 6.42 Å². The Morgan fingerprint density at radius 3 is 2.68 bits per heavy atom. The molecule has 0 unspecified atom stereocenters. The summed E-state index contributed by atoms with van der Waals surface area (Å²) >= 11 is 0. The molecule has 1 atom stereocenters. The quantitative estimate of drug-likeness (QED) is 0.659. The first-order valence-corrected chi connectivity index (χ1v) is 5.98. The molecule has 1 amide bonds. The normalized spacial score (nSPS) is 18.4. The number of carbonyl (C=O) groups is 1. The number of likely N-dealkylation sites (N-methyl/N-ethyl adjacent to an activating group) is 1. The molecule has 1 aliphatic heterocycles. The van der Waals surface area contributed by atoms with E-state index in [1.165, 1.54) is 24.3 Å². The Morgan fingerprint density at radius 1 is 1.47 bits per heavy atom. The molecule has 102 valence electrons. The number of likely N-dealkylation sites (tertiary alicyclic amines) is 1. The van der Waals surface area contributed by atoms with Crippen LogP contribution in [0.3, 0.4) is 0 Å². The number of ether oxygens (including phenoxy) is 1. The average Bonchev–Trinajstić information content (AvgIpc) is 2.88. The van der Waals surface area contributed by atoms with E-state index in [1.807, 2.05) is 7.05 Å². The fourth-order valence-corrected chi connectivity index (χ4v) is 1.96. The number of nitro groups is 1. The van der Waals surface area contributed by atoms with Gasteiger partial charge in [0.15, 0.2) is 0 Å². The maximum Gasteiger partial charge on any atom is 0.415 e. The van der Waals surface area contributed by atoms with Gasteiger partial charge in [-0.3, -0.25) is 10.1 Å². The number of non-ortho nitro benzene ring substituents is 1. The molecule has 19 heavy (non-hydrogen) atoms. The highest BCUT2D eigenvalue weighted by Crippen LogP contribution is 2.19. The number of nitro benzene ring substituents is 1. The van der Waals surface area contributed by atoms with E-state index in [4.69, 9.17) is 4.74 Å². The Balaban J connectivity index is 1.94. The van der Waals surface area contributed by atoms with Gasteiger partial charge in [-0.1, -0.05) is 0 Å². The molecule has 0 radical (unpaired) electrons. The number of hydrogen-bond donors (Lipinski definition) is 1. The molecule has 1 heterocycles. The number of amides is 1. The van der Waals surface area contributed by atoms with Crippen LogP contribution in [0.15, 0.2) is 24.3 Å². The fourth-order valence-electron chi connectivity index (χ4n) is 1.96. The largest absolute Gasteiger partial charge is 0.415 e. The number of benzene rings is 1. The molecule has 2 rings (SSSR count). The van der Waals surface area contributed by atoms with Gasteiger partial charge in [-0.2, -0.15) is 0 Å². The predicted molar refractivity (Wildman–Crippen MR) is 68.2 cm³/mol. The zero-order chi connectivity index (χ0) is 13.8. The van der Waals surface area contributed by atoms with Gasteiger partial charge in [0.05, 0.1) is 4.92 Å². The number of hydrogen-bond acceptors (Lipinski definition) is 5. The van der Waals surface area contributed by atoms with E-state index >= 15 is 0 Å². The highest BCUT2D eigenvalue weighted by Gasteiger charge is 2.26. The van der Waals surface area contributed by atoms with Gasteiger partial charge in [-0.25, -0.2) is 4.79 Å². The van der Waals surface area contributed by atoms with Crippen molar-refractivity contribution in [2.45, 2.75) is 12.5 Å². The second-order valence-corrected chi connectivity index (χ2v) is 4.34. The Kier molecular flexibility index (Phi) is 3.96. The molecule has 1 aliphatic rings. The van der Waals surface area contributed by atoms with Crippen LogP contribution in [0.2, 0.25) is 0 Å². The van der Waals surface area contributed by atoms with E-state index in [2.05, 4.69) is 5.32 Å². The topological polar surface area (TPSA) is 84.7 Å². The molecule has 1 N–H and O–H groups in total. The van der Waals surface area contributed by atoms with Crippen LogP contribution in [-0.2, 0) is 0 Å². The molecule has 1 fully saturated rings. The number of nitrogens with zero attached hydrogens (tertiary/aromatic N) is 2. The third-order valence-electron chi connectivity index (χ3n) is 3.11. The zero-order valence-electron chi connectivity index (χ0n) is 10.5. The van der Waals surface area contributed by atoms with Crippen molar-refractivity contribution in [2.24, 2.45) is 0 Å². The highest BCUT2D eigenvalue weighted by atomic mass is 16.6. The molecular formula is C12H15N3O4. The van der Waals surface area contributed by atoms with Crippen molar-refractivity contribution in [1.29, 1.82) is 0 Å². The third-order valence-corrected chi connectivity index (χ3v) is 3.11. The summed E-state index contributed by atoms with van der Waals surface area (Å²) in [6.45, 7) is 1.26. The van der Waals surface area contributed by atoms with E-state index in [0.29, 0.717) is 24.9 Å². The SMILES string of the molecule is CN[C@@H]1CCN(C(=O)Oc2ccc([N+](=O)[O-])cc2)C1. The Bertz CT molecular complexity index is 474. The van der Waals surface area contributed by atoms with Crippen LogP contribution < -0.4 is 10.1 Å². The summed E-state index contributed by atoms with van der Waals surface area (Å²) in [6, 6.07) is 5.75. The molecule has 0 saturated carbocycles. The molecule has 1 saturated heterocycles.